The molecule has 17 heavy (non-hydrogen) atoms. The van der Waals surface area contributed by atoms with E-state index in [2.05, 4.69) is 30.1 Å². The first-order chi connectivity index (χ1) is 8.22. The number of benzene rings is 1. The average Bonchev–Trinajstić information content (AvgIpc) is 2.77. The van der Waals surface area contributed by atoms with Crippen molar-refractivity contribution in [3.05, 3.63) is 42.2 Å². The minimum atomic E-state index is -0.0971. The molecule has 2 aromatic rings. The van der Waals surface area contributed by atoms with Gasteiger partial charge in [0.15, 0.2) is 5.16 Å². The van der Waals surface area contributed by atoms with E-state index in [0.717, 1.165) is 10.8 Å². The van der Waals surface area contributed by atoms with E-state index >= 15 is 0 Å². The maximum absolute atomic E-state index is 8.84. The summed E-state index contributed by atoms with van der Waals surface area (Å²) in [4.78, 5) is 4.30. The molecule has 86 valence electrons. The van der Waals surface area contributed by atoms with Crippen LogP contribution in [0.4, 0.5) is 0 Å². The summed E-state index contributed by atoms with van der Waals surface area (Å²) in [5.74, 6) is 0. The standard InChI is InChI=1S/C13H13N3S/c1-10-5-3-4-6-12(10)16-8-7-15-13(16)17-11(2)9-14/h3-8,11H,1-2H3. The number of thioether (sulfide) groups is 1. The van der Waals surface area contributed by atoms with Crippen molar-refractivity contribution in [2.45, 2.75) is 24.3 Å². The van der Waals surface area contributed by atoms with Crippen molar-refractivity contribution in [3.8, 4) is 11.8 Å². The molecule has 0 saturated heterocycles. The van der Waals surface area contributed by atoms with Crippen molar-refractivity contribution < 1.29 is 0 Å². The molecule has 0 bridgehead atoms. The van der Waals surface area contributed by atoms with Crippen molar-refractivity contribution in [1.82, 2.24) is 9.55 Å². The molecule has 3 nitrogen and oxygen atoms in total. The minimum absolute atomic E-state index is 0.0971. The van der Waals surface area contributed by atoms with Gasteiger partial charge < -0.3 is 0 Å². The second-order valence-corrected chi connectivity index (χ2v) is 5.06. The molecular weight excluding hydrogens is 230 g/mol. The summed E-state index contributed by atoms with van der Waals surface area (Å²) in [5.41, 5.74) is 2.30. The van der Waals surface area contributed by atoms with Gasteiger partial charge in [-0.15, -0.1) is 0 Å². The molecule has 0 aliphatic carbocycles. The van der Waals surface area contributed by atoms with Gasteiger partial charge in [0.05, 0.1) is 17.0 Å². The van der Waals surface area contributed by atoms with Crippen molar-refractivity contribution in [2.24, 2.45) is 0 Å². The van der Waals surface area contributed by atoms with Crippen LogP contribution in [0.5, 0.6) is 0 Å². The Hall–Kier alpha value is -1.73. The van der Waals surface area contributed by atoms with Gasteiger partial charge in [0.1, 0.15) is 0 Å². The second kappa shape index (κ2) is 5.07. The van der Waals surface area contributed by atoms with Crippen LogP contribution in [0.2, 0.25) is 0 Å². The van der Waals surface area contributed by atoms with E-state index < -0.39 is 0 Å². The molecule has 1 atom stereocenters. The molecule has 0 radical (unpaired) electrons. The zero-order valence-electron chi connectivity index (χ0n) is 9.79. The summed E-state index contributed by atoms with van der Waals surface area (Å²) >= 11 is 1.47. The molecule has 1 aromatic heterocycles. The van der Waals surface area contributed by atoms with Gasteiger partial charge in [-0.25, -0.2) is 4.98 Å². The predicted molar refractivity (Wildman–Crippen MR) is 69.2 cm³/mol. The van der Waals surface area contributed by atoms with Gasteiger partial charge in [-0.05, 0) is 25.5 Å². The zero-order chi connectivity index (χ0) is 12.3. The Morgan fingerprint density at radius 3 is 2.88 bits per heavy atom. The largest absolute Gasteiger partial charge is 0.295 e. The van der Waals surface area contributed by atoms with E-state index in [-0.39, 0.29) is 5.25 Å². The Bertz CT molecular complexity index is 554. The molecule has 1 heterocycles. The van der Waals surface area contributed by atoms with Crippen molar-refractivity contribution in [3.63, 3.8) is 0 Å². The molecule has 0 N–H and O–H groups in total. The van der Waals surface area contributed by atoms with Gasteiger partial charge in [-0.1, -0.05) is 30.0 Å². The third kappa shape index (κ3) is 2.51. The fraction of sp³-hybridized carbons (Fsp3) is 0.231. The van der Waals surface area contributed by atoms with E-state index in [1.807, 2.05) is 29.8 Å². The normalized spacial score (nSPS) is 12.1. The van der Waals surface area contributed by atoms with E-state index in [4.69, 9.17) is 5.26 Å². The van der Waals surface area contributed by atoms with Crippen LogP contribution in [-0.2, 0) is 0 Å². The molecule has 0 aliphatic heterocycles. The van der Waals surface area contributed by atoms with Crippen molar-refractivity contribution >= 4 is 11.8 Å². The minimum Gasteiger partial charge on any atom is -0.295 e. The Balaban J connectivity index is 2.38. The van der Waals surface area contributed by atoms with Crippen molar-refractivity contribution in [2.75, 3.05) is 0 Å². The molecule has 0 spiro atoms. The fourth-order valence-corrected chi connectivity index (χ4v) is 2.34. The maximum Gasteiger partial charge on any atom is 0.173 e. The van der Waals surface area contributed by atoms with Crippen LogP contribution < -0.4 is 0 Å². The first-order valence-electron chi connectivity index (χ1n) is 5.38. The van der Waals surface area contributed by atoms with Crippen LogP contribution in [0.1, 0.15) is 12.5 Å². The van der Waals surface area contributed by atoms with E-state index in [0.29, 0.717) is 0 Å². The lowest BCUT2D eigenvalue weighted by molar-refractivity contribution is 0.885. The van der Waals surface area contributed by atoms with Crippen LogP contribution >= 0.6 is 11.8 Å². The number of aryl methyl sites for hydroxylation is 1. The fourth-order valence-electron chi connectivity index (χ4n) is 1.58. The molecule has 2 rings (SSSR count). The van der Waals surface area contributed by atoms with E-state index in [9.17, 15) is 0 Å². The lowest BCUT2D eigenvalue weighted by Crippen LogP contribution is -2.00. The van der Waals surface area contributed by atoms with Gasteiger partial charge >= 0.3 is 0 Å². The van der Waals surface area contributed by atoms with Gasteiger partial charge in [-0.3, -0.25) is 4.57 Å². The summed E-state index contributed by atoms with van der Waals surface area (Å²) in [6.07, 6.45) is 3.69. The molecule has 0 amide bonds. The van der Waals surface area contributed by atoms with Crippen molar-refractivity contribution in [1.29, 1.82) is 5.26 Å². The van der Waals surface area contributed by atoms with Crippen LogP contribution in [-0.4, -0.2) is 14.8 Å². The molecule has 0 saturated carbocycles. The third-order valence-electron chi connectivity index (χ3n) is 2.45. The highest BCUT2D eigenvalue weighted by Gasteiger charge is 2.10. The van der Waals surface area contributed by atoms with Gasteiger partial charge in [-0.2, -0.15) is 5.26 Å². The van der Waals surface area contributed by atoms with Crippen LogP contribution in [0, 0.1) is 18.3 Å². The molecular formula is C13H13N3S. The molecule has 1 aromatic carbocycles. The SMILES string of the molecule is Cc1ccccc1-n1ccnc1SC(C)C#N. The Morgan fingerprint density at radius 2 is 2.18 bits per heavy atom. The first-order valence-corrected chi connectivity index (χ1v) is 6.26. The summed E-state index contributed by atoms with van der Waals surface area (Å²) in [6, 6.07) is 10.3. The van der Waals surface area contributed by atoms with Gasteiger partial charge in [0, 0.05) is 12.4 Å². The molecule has 4 heteroatoms. The lowest BCUT2D eigenvalue weighted by Gasteiger charge is -2.10. The van der Waals surface area contributed by atoms with Crippen LogP contribution in [0.15, 0.2) is 41.8 Å². The quantitative estimate of drug-likeness (QED) is 0.777. The van der Waals surface area contributed by atoms with Crippen LogP contribution in [0.25, 0.3) is 5.69 Å². The topological polar surface area (TPSA) is 41.6 Å². The van der Waals surface area contributed by atoms with E-state index in [1.54, 1.807) is 6.20 Å². The maximum atomic E-state index is 8.84. The summed E-state index contributed by atoms with van der Waals surface area (Å²) in [6.45, 7) is 3.94. The Labute approximate surface area is 105 Å². The Kier molecular flexibility index (Phi) is 3.50. The monoisotopic (exact) mass is 243 g/mol. The van der Waals surface area contributed by atoms with Crippen LogP contribution in [0.3, 0.4) is 0 Å². The number of aromatic nitrogens is 2. The van der Waals surface area contributed by atoms with Gasteiger partial charge in [0.25, 0.3) is 0 Å². The number of hydrogen-bond donors (Lipinski definition) is 0. The zero-order valence-corrected chi connectivity index (χ0v) is 10.6. The number of nitrogens with zero attached hydrogens (tertiary/aromatic N) is 3. The highest BCUT2D eigenvalue weighted by Crippen LogP contribution is 2.25. The average molecular weight is 243 g/mol. The lowest BCUT2D eigenvalue weighted by atomic mass is 10.2. The third-order valence-corrected chi connectivity index (χ3v) is 3.42. The second-order valence-electron chi connectivity index (χ2n) is 3.76. The summed E-state index contributed by atoms with van der Waals surface area (Å²) in [7, 11) is 0. The highest BCUT2D eigenvalue weighted by atomic mass is 32.2. The number of rotatable bonds is 3. The molecule has 0 fully saturated rings. The predicted octanol–water partition coefficient (Wildman–Crippen LogP) is 3.18. The van der Waals surface area contributed by atoms with E-state index in [1.165, 1.54) is 17.3 Å². The summed E-state index contributed by atoms with van der Waals surface area (Å²) < 4.78 is 2.02. The number of para-hydroxylation sites is 1. The van der Waals surface area contributed by atoms with Gasteiger partial charge in [0.2, 0.25) is 0 Å². The highest BCUT2D eigenvalue weighted by molar-refractivity contribution is 8.00. The number of hydrogen-bond acceptors (Lipinski definition) is 3. The number of imidazole rings is 1. The smallest absolute Gasteiger partial charge is 0.173 e. The number of nitriles is 1. The Morgan fingerprint density at radius 1 is 1.41 bits per heavy atom. The molecule has 0 aliphatic rings. The molecule has 1 unspecified atom stereocenters. The summed E-state index contributed by atoms with van der Waals surface area (Å²) in [5, 5.41) is 9.60. The first kappa shape index (κ1) is 11.7.